The predicted octanol–water partition coefficient (Wildman–Crippen LogP) is 5.60. The van der Waals surface area contributed by atoms with Gasteiger partial charge in [0.2, 0.25) is 5.91 Å². The summed E-state index contributed by atoms with van der Waals surface area (Å²) in [6, 6.07) is 22.5. The first kappa shape index (κ1) is 28.9. The van der Waals surface area contributed by atoms with Crippen molar-refractivity contribution in [3.05, 3.63) is 119 Å². The van der Waals surface area contributed by atoms with Crippen molar-refractivity contribution < 1.29 is 35.9 Å². The highest BCUT2D eigenvalue weighted by Crippen LogP contribution is 2.38. The van der Waals surface area contributed by atoms with Gasteiger partial charge in [-0.15, -0.1) is 0 Å². The monoisotopic (exact) mass is 594 g/mol. The van der Waals surface area contributed by atoms with Gasteiger partial charge >= 0.3 is 12.1 Å². The Kier molecular flexibility index (Phi) is 7.79. The van der Waals surface area contributed by atoms with E-state index < -0.39 is 39.7 Å². The number of ether oxygens (including phenoxy) is 1. The highest BCUT2D eigenvalue weighted by atomic mass is 32.2. The Labute approximate surface area is 240 Å². The summed E-state index contributed by atoms with van der Waals surface area (Å²) < 4.78 is 73.1. The zero-order valence-corrected chi connectivity index (χ0v) is 23.1. The minimum Gasteiger partial charge on any atom is -0.465 e. The highest BCUT2D eigenvalue weighted by molar-refractivity contribution is 7.93. The predicted molar refractivity (Wildman–Crippen MR) is 150 cm³/mol. The van der Waals surface area contributed by atoms with Crippen molar-refractivity contribution in [1.82, 2.24) is 5.32 Å². The zero-order valence-electron chi connectivity index (χ0n) is 22.3. The number of fused-ring (bicyclic) bond motifs is 1. The number of rotatable bonds is 7. The summed E-state index contributed by atoms with van der Waals surface area (Å²) >= 11 is 0. The van der Waals surface area contributed by atoms with Gasteiger partial charge in [0.1, 0.15) is 6.04 Å². The van der Waals surface area contributed by atoms with Crippen LogP contribution in [0.1, 0.15) is 27.0 Å². The maximum absolute atomic E-state index is 13.9. The Hall–Kier alpha value is -4.64. The summed E-state index contributed by atoms with van der Waals surface area (Å²) in [4.78, 5) is 24.9. The Morgan fingerprint density at radius 3 is 2.26 bits per heavy atom. The van der Waals surface area contributed by atoms with Crippen LogP contribution in [0.15, 0.2) is 102 Å². The maximum Gasteiger partial charge on any atom is 0.416 e. The van der Waals surface area contributed by atoms with E-state index in [4.69, 9.17) is 0 Å². The number of hydrogen-bond acceptors (Lipinski definition) is 5. The molecule has 1 aliphatic heterocycles. The molecule has 5 rings (SSSR count). The molecule has 0 bridgehead atoms. The van der Waals surface area contributed by atoms with Crippen LogP contribution < -0.4 is 9.62 Å². The lowest BCUT2D eigenvalue weighted by Gasteiger charge is -2.26. The fourth-order valence-corrected chi connectivity index (χ4v) is 6.49. The minimum atomic E-state index is -4.51. The third-order valence-corrected chi connectivity index (χ3v) is 8.84. The topological polar surface area (TPSA) is 92.8 Å². The number of carbonyl (C=O) groups excluding carboxylic acids is 2. The van der Waals surface area contributed by atoms with E-state index in [0.29, 0.717) is 27.9 Å². The van der Waals surface area contributed by atoms with Crippen LogP contribution >= 0.6 is 0 Å². The van der Waals surface area contributed by atoms with Gasteiger partial charge in [0.15, 0.2) is 0 Å². The molecule has 11 heteroatoms. The Morgan fingerprint density at radius 2 is 1.60 bits per heavy atom. The molecule has 7 nitrogen and oxygen atoms in total. The van der Waals surface area contributed by atoms with Crippen LogP contribution in [-0.4, -0.2) is 33.4 Å². The number of nitrogens with one attached hydrogen (secondary N) is 1. The van der Waals surface area contributed by atoms with Gasteiger partial charge in [-0.25, -0.2) is 13.2 Å². The van der Waals surface area contributed by atoms with Gasteiger partial charge in [-0.05, 0) is 64.7 Å². The molecule has 1 amide bonds. The molecular weight excluding hydrogens is 569 g/mol. The molecule has 216 valence electrons. The second kappa shape index (κ2) is 11.3. The molecule has 0 saturated carbocycles. The molecule has 0 unspecified atom stereocenters. The van der Waals surface area contributed by atoms with E-state index in [9.17, 15) is 31.2 Å². The molecule has 1 heterocycles. The molecule has 1 N–H and O–H groups in total. The Bertz CT molecular complexity index is 1740. The van der Waals surface area contributed by atoms with E-state index in [1.807, 2.05) is 0 Å². The molecule has 0 aromatic heterocycles. The molecular formula is C31H25F3N2O5S. The second-order valence-corrected chi connectivity index (χ2v) is 11.5. The summed E-state index contributed by atoms with van der Waals surface area (Å²) in [7, 11) is -2.96. The third-order valence-electron chi connectivity index (χ3n) is 7.00. The number of sulfonamides is 1. The van der Waals surface area contributed by atoms with E-state index in [1.165, 1.54) is 43.5 Å². The summed E-state index contributed by atoms with van der Waals surface area (Å²) in [5, 5.41) is 2.79. The van der Waals surface area contributed by atoms with Crippen molar-refractivity contribution in [2.75, 3.05) is 11.4 Å². The summed E-state index contributed by atoms with van der Waals surface area (Å²) in [5.41, 5.74) is 2.01. The number of para-hydroxylation sites is 1. The molecule has 1 aliphatic rings. The van der Waals surface area contributed by atoms with Crippen molar-refractivity contribution in [3.63, 3.8) is 0 Å². The van der Waals surface area contributed by atoms with Gasteiger partial charge < -0.3 is 10.1 Å². The van der Waals surface area contributed by atoms with Crippen LogP contribution in [-0.2, 0) is 38.7 Å². The van der Waals surface area contributed by atoms with Crippen molar-refractivity contribution in [1.29, 1.82) is 0 Å². The normalized spacial score (nSPS) is 14.8. The fraction of sp³-hybridized carbons (Fsp3) is 0.161. The number of nitrogens with zero attached hydrogens (tertiary/aromatic N) is 1. The molecule has 0 saturated heterocycles. The maximum atomic E-state index is 13.9. The molecule has 0 aliphatic carbocycles. The number of halogens is 3. The van der Waals surface area contributed by atoms with Crippen molar-refractivity contribution in [3.8, 4) is 11.1 Å². The summed E-state index contributed by atoms with van der Waals surface area (Å²) in [6.45, 7) is 0.104. The molecule has 0 spiro atoms. The van der Waals surface area contributed by atoms with Gasteiger partial charge in [-0.3, -0.25) is 9.10 Å². The smallest absolute Gasteiger partial charge is 0.416 e. The standard InChI is InChI=1S/C31H25F3N2O5S/c1-41-30(38)22-11-9-20(10-12-22)19-35-29(37)28-18-24-5-2-3-8-27(24)36(28)42(39,40)26-15-13-21(14-16-26)23-6-4-7-25(17-23)31(32,33)34/h2-17,28H,18-19H2,1H3,(H,35,37)/t28-/m0/s1. The number of carbonyl (C=O) groups is 2. The average Bonchev–Trinajstić information content (AvgIpc) is 3.40. The van der Waals surface area contributed by atoms with Crippen LogP contribution in [0.4, 0.5) is 18.9 Å². The fourth-order valence-electron chi connectivity index (χ4n) is 4.85. The van der Waals surface area contributed by atoms with Crippen molar-refractivity contribution in [2.45, 2.75) is 30.1 Å². The van der Waals surface area contributed by atoms with Crippen LogP contribution in [0.3, 0.4) is 0 Å². The van der Waals surface area contributed by atoms with Gasteiger partial charge in [0.25, 0.3) is 10.0 Å². The lowest BCUT2D eigenvalue weighted by molar-refractivity contribution is -0.137. The highest BCUT2D eigenvalue weighted by Gasteiger charge is 2.42. The van der Waals surface area contributed by atoms with Crippen molar-refractivity contribution in [2.24, 2.45) is 0 Å². The average molecular weight is 595 g/mol. The molecule has 42 heavy (non-hydrogen) atoms. The number of alkyl halides is 3. The Balaban J connectivity index is 1.39. The number of amides is 1. The quantitative estimate of drug-likeness (QED) is 0.282. The lowest BCUT2D eigenvalue weighted by atomic mass is 10.0. The molecule has 4 aromatic rings. The first-order chi connectivity index (χ1) is 20.0. The van der Waals surface area contributed by atoms with E-state index in [0.717, 1.165) is 16.4 Å². The summed E-state index contributed by atoms with van der Waals surface area (Å²) in [5.74, 6) is -0.995. The van der Waals surface area contributed by atoms with Crippen LogP contribution in [0.25, 0.3) is 11.1 Å². The number of benzene rings is 4. The number of methoxy groups -OCH3 is 1. The van der Waals surface area contributed by atoms with E-state index in [2.05, 4.69) is 10.1 Å². The van der Waals surface area contributed by atoms with Gasteiger partial charge in [-0.1, -0.05) is 54.6 Å². The minimum absolute atomic E-state index is 0.104. The molecule has 4 aromatic carbocycles. The summed E-state index contributed by atoms with van der Waals surface area (Å²) in [6.07, 6.45) is -4.35. The SMILES string of the molecule is COC(=O)c1ccc(CNC(=O)[C@@H]2Cc3ccccc3N2S(=O)(=O)c2ccc(-c3cccc(C(F)(F)F)c3)cc2)cc1. The van der Waals surface area contributed by atoms with Gasteiger partial charge in [0, 0.05) is 13.0 Å². The lowest BCUT2D eigenvalue weighted by Crippen LogP contribution is -2.47. The third kappa shape index (κ3) is 5.73. The van der Waals surface area contributed by atoms with Gasteiger partial charge in [0.05, 0.1) is 28.8 Å². The van der Waals surface area contributed by atoms with Gasteiger partial charge in [-0.2, -0.15) is 13.2 Å². The molecule has 0 radical (unpaired) electrons. The first-order valence-corrected chi connectivity index (χ1v) is 14.3. The number of esters is 1. The largest absolute Gasteiger partial charge is 0.465 e. The van der Waals surface area contributed by atoms with E-state index in [-0.39, 0.29) is 23.4 Å². The van der Waals surface area contributed by atoms with E-state index in [1.54, 1.807) is 48.5 Å². The van der Waals surface area contributed by atoms with Crippen molar-refractivity contribution >= 4 is 27.6 Å². The molecule has 0 fully saturated rings. The number of hydrogen-bond donors (Lipinski definition) is 1. The number of anilines is 1. The zero-order chi connectivity index (χ0) is 30.1. The van der Waals surface area contributed by atoms with Crippen LogP contribution in [0.5, 0.6) is 0 Å². The van der Waals surface area contributed by atoms with E-state index >= 15 is 0 Å². The second-order valence-electron chi connectivity index (χ2n) is 9.66. The van der Waals surface area contributed by atoms with Crippen LogP contribution in [0, 0.1) is 0 Å². The van der Waals surface area contributed by atoms with Crippen LogP contribution in [0.2, 0.25) is 0 Å². The first-order valence-electron chi connectivity index (χ1n) is 12.8. The Morgan fingerprint density at radius 1 is 0.905 bits per heavy atom. The molecule has 1 atom stereocenters.